The second-order valence-electron chi connectivity index (χ2n) is 5.56. The maximum atomic E-state index is 13.3. The van der Waals surface area contributed by atoms with Gasteiger partial charge in [0.25, 0.3) is 0 Å². The van der Waals surface area contributed by atoms with E-state index in [1.54, 1.807) is 6.07 Å². The van der Waals surface area contributed by atoms with Gasteiger partial charge < -0.3 is 10.6 Å². The van der Waals surface area contributed by atoms with Crippen LogP contribution in [0.4, 0.5) is 10.1 Å². The molecule has 4 heteroatoms. The van der Waals surface area contributed by atoms with E-state index in [-0.39, 0.29) is 10.8 Å². The lowest BCUT2D eigenvalue weighted by Crippen LogP contribution is -2.36. The number of hydrogen-bond acceptors (Lipinski definition) is 2. The normalized spacial score (nSPS) is 23.1. The average Bonchev–Trinajstić information content (AvgIpc) is 2.37. The summed E-state index contributed by atoms with van der Waals surface area (Å²) in [4.78, 5) is 2.47. The predicted molar refractivity (Wildman–Crippen MR) is 82.1 cm³/mol. The van der Waals surface area contributed by atoms with Crippen LogP contribution in [0.15, 0.2) is 18.2 Å². The van der Waals surface area contributed by atoms with Gasteiger partial charge in [-0.15, -0.1) is 0 Å². The fraction of sp³-hybridized carbons (Fsp3) is 0.533. The second-order valence-corrected chi connectivity index (χ2v) is 6.00. The fourth-order valence-electron chi connectivity index (χ4n) is 2.96. The molecule has 0 spiro atoms. The van der Waals surface area contributed by atoms with E-state index in [4.69, 9.17) is 18.0 Å². The molecule has 0 saturated heterocycles. The van der Waals surface area contributed by atoms with E-state index in [9.17, 15) is 4.39 Å². The van der Waals surface area contributed by atoms with Gasteiger partial charge in [0, 0.05) is 24.3 Å². The topological polar surface area (TPSA) is 29.3 Å². The maximum absolute atomic E-state index is 13.3. The highest BCUT2D eigenvalue weighted by atomic mass is 32.1. The van der Waals surface area contributed by atoms with Crippen LogP contribution >= 0.6 is 12.2 Å². The summed E-state index contributed by atoms with van der Waals surface area (Å²) in [5.41, 5.74) is 7.29. The summed E-state index contributed by atoms with van der Waals surface area (Å²) in [5.74, 6) is 0.451. The number of rotatable bonds is 3. The zero-order valence-corrected chi connectivity index (χ0v) is 12.3. The second kappa shape index (κ2) is 5.87. The van der Waals surface area contributed by atoms with E-state index in [1.807, 2.05) is 0 Å². The van der Waals surface area contributed by atoms with E-state index in [0.717, 1.165) is 11.6 Å². The Balaban J connectivity index is 2.27. The lowest BCUT2D eigenvalue weighted by molar-refractivity contribution is 0.336. The van der Waals surface area contributed by atoms with Crippen molar-refractivity contribution in [2.45, 2.75) is 38.6 Å². The molecule has 2 rings (SSSR count). The third-order valence-electron chi connectivity index (χ3n) is 4.06. The van der Waals surface area contributed by atoms with Crippen LogP contribution in [-0.4, -0.2) is 18.1 Å². The first kappa shape index (κ1) is 14.3. The minimum atomic E-state index is -0.294. The highest BCUT2D eigenvalue weighted by Gasteiger charge is 2.24. The molecule has 2 nitrogen and oxygen atoms in total. The van der Waals surface area contributed by atoms with Crippen molar-refractivity contribution in [1.29, 1.82) is 0 Å². The van der Waals surface area contributed by atoms with Gasteiger partial charge in [-0.25, -0.2) is 4.39 Å². The van der Waals surface area contributed by atoms with E-state index >= 15 is 0 Å². The Morgan fingerprint density at radius 2 is 2.16 bits per heavy atom. The first-order valence-corrected chi connectivity index (χ1v) is 7.22. The third kappa shape index (κ3) is 3.24. The molecular weight excluding hydrogens is 259 g/mol. The lowest BCUT2D eigenvalue weighted by atomic mass is 9.86. The zero-order chi connectivity index (χ0) is 14.0. The van der Waals surface area contributed by atoms with E-state index in [1.165, 1.54) is 37.8 Å². The molecule has 1 aliphatic carbocycles. The van der Waals surface area contributed by atoms with Gasteiger partial charge in [0.1, 0.15) is 10.8 Å². The molecule has 0 amide bonds. The van der Waals surface area contributed by atoms with Gasteiger partial charge in [-0.3, -0.25) is 0 Å². The van der Waals surface area contributed by atoms with Gasteiger partial charge in [-0.2, -0.15) is 0 Å². The minimum absolute atomic E-state index is 0.255. The van der Waals surface area contributed by atoms with Gasteiger partial charge in [0.05, 0.1) is 0 Å². The van der Waals surface area contributed by atoms with Crippen LogP contribution in [0.2, 0.25) is 0 Å². The molecule has 2 N–H and O–H groups in total. The molecule has 1 aromatic carbocycles. The molecule has 19 heavy (non-hydrogen) atoms. The summed E-state index contributed by atoms with van der Waals surface area (Å²) in [5, 5.41) is 0. The fourth-order valence-corrected chi connectivity index (χ4v) is 3.13. The smallest absolute Gasteiger partial charge is 0.124 e. The largest absolute Gasteiger partial charge is 0.389 e. The van der Waals surface area contributed by atoms with Crippen molar-refractivity contribution in [3.63, 3.8) is 0 Å². The number of halogens is 1. The van der Waals surface area contributed by atoms with Crippen LogP contribution in [0, 0.1) is 11.7 Å². The summed E-state index contributed by atoms with van der Waals surface area (Å²) in [7, 11) is 2.05. The zero-order valence-electron chi connectivity index (χ0n) is 11.5. The van der Waals surface area contributed by atoms with Gasteiger partial charge >= 0.3 is 0 Å². The van der Waals surface area contributed by atoms with E-state index in [2.05, 4.69) is 18.9 Å². The number of nitrogens with two attached hydrogens (primary N) is 1. The van der Waals surface area contributed by atoms with Gasteiger partial charge in [0.2, 0.25) is 0 Å². The van der Waals surface area contributed by atoms with Crippen molar-refractivity contribution in [2.24, 2.45) is 11.7 Å². The Morgan fingerprint density at radius 3 is 2.79 bits per heavy atom. The molecular formula is C15H21FN2S. The SMILES string of the molecule is CC1CCCC(N(C)c2ccc(F)cc2C(N)=S)C1. The Bertz CT molecular complexity index is 475. The summed E-state index contributed by atoms with van der Waals surface area (Å²) in [6.07, 6.45) is 4.90. The molecule has 1 aliphatic rings. The molecule has 104 valence electrons. The van der Waals surface area contributed by atoms with Gasteiger partial charge in [0.15, 0.2) is 0 Å². The summed E-state index contributed by atoms with van der Waals surface area (Å²) in [6, 6.07) is 5.17. The first-order valence-electron chi connectivity index (χ1n) is 6.81. The van der Waals surface area contributed by atoms with E-state index < -0.39 is 0 Å². The molecule has 1 aromatic rings. The van der Waals surface area contributed by atoms with Crippen LogP contribution in [0.5, 0.6) is 0 Å². The molecule has 1 saturated carbocycles. The van der Waals surface area contributed by atoms with Crippen LogP contribution in [0.1, 0.15) is 38.2 Å². The number of hydrogen-bond donors (Lipinski definition) is 1. The number of anilines is 1. The maximum Gasteiger partial charge on any atom is 0.124 e. The summed E-state index contributed by atoms with van der Waals surface area (Å²) < 4.78 is 13.3. The Kier molecular flexibility index (Phi) is 4.40. The molecule has 0 heterocycles. The quantitative estimate of drug-likeness (QED) is 0.860. The highest BCUT2D eigenvalue weighted by Crippen LogP contribution is 2.31. The molecule has 0 aromatic heterocycles. The molecule has 0 aliphatic heterocycles. The lowest BCUT2D eigenvalue weighted by Gasteiger charge is -2.36. The van der Waals surface area contributed by atoms with Crippen molar-refractivity contribution >= 4 is 22.9 Å². The average molecular weight is 280 g/mol. The van der Waals surface area contributed by atoms with Crippen LogP contribution in [0.3, 0.4) is 0 Å². The van der Waals surface area contributed by atoms with Gasteiger partial charge in [-0.05, 0) is 37.0 Å². The molecule has 0 radical (unpaired) electrons. The third-order valence-corrected chi connectivity index (χ3v) is 4.28. The number of thiocarbonyl (C=S) groups is 1. The summed E-state index contributed by atoms with van der Waals surface area (Å²) in [6.45, 7) is 2.29. The Hall–Kier alpha value is -1.16. The van der Waals surface area contributed by atoms with Crippen molar-refractivity contribution in [3.05, 3.63) is 29.6 Å². The minimum Gasteiger partial charge on any atom is -0.389 e. The Morgan fingerprint density at radius 1 is 1.42 bits per heavy atom. The van der Waals surface area contributed by atoms with Crippen LogP contribution < -0.4 is 10.6 Å². The predicted octanol–water partition coefficient (Wildman–Crippen LogP) is 3.47. The molecule has 2 unspecified atom stereocenters. The standard InChI is InChI=1S/C15H21FN2S/c1-10-4-3-5-12(8-10)18(2)14-7-6-11(16)9-13(14)15(17)19/h6-7,9-10,12H,3-5,8H2,1-2H3,(H2,17,19). The van der Waals surface area contributed by atoms with Crippen molar-refractivity contribution < 1.29 is 4.39 Å². The van der Waals surface area contributed by atoms with Crippen molar-refractivity contribution in [2.75, 3.05) is 11.9 Å². The highest BCUT2D eigenvalue weighted by molar-refractivity contribution is 7.80. The monoisotopic (exact) mass is 280 g/mol. The first-order chi connectivity index (χ1) is 8.99. The molecule has 0 bridgehead atoms. The number of nitrogens with zero attached hydrogens (tertiary/aromatic N) is 1. The summed E-state index contributed by atoms with van der Waals surface area (Å²) >= 11 is 5.04. The van der Waals surface area contributed by atoms with Gasteiger partial charge in [-0.1, -0.05) is 32.0 Å². The van der Waals surface area contributed by atoms with E-state index in [0.29, 0.717) is 11.6 Å². The molecule has 1 fully saturated rings. The molecule has 2 atom stereocenters. The van der Waals surface area contributed by atoms with Crippen LogP contribution in [0.25, 0.3) is 0 Å². The van der Waals surface area contributed by atoms with Crippen LogP contribution in [-0.2, 0) is 0 Å². The number of benzene rings is 1. The van der Waals surface area contributed by atoms with Crippen molar-refractivity contribution in [3.8, 4) is 0 Å². The Labute approximate surface area is 119 Å². The van der Waals surface area contributed by atoms with Crippen molar-refractivity contribution in [1.82, 2.24) is 0 Å².